The molecule has 5 heteroatoms. The Morgan fingerprint density at radius 2 is 1.81 bits per heavy atom. The number of hydrogen-bond acceptors (Lipinski definition) is 4. The number of ether oxygens (including phenoxy) is 1. The Hall–Kier alpha value is -2.53. The van der Waals surface area contributed by atoms with E-state index in [0.717, 1.165) is 48.1 Å². The zero-order valence-electron chi connectivity index (χ0n) is 15.1. The maximum Gasteiger partial charge on any atom is 0.264 e. The van der Waals surface area contributed by atoms with Crippen molar-refractivity contribution in [1.82, 2.24) is 4.90 Å². The Kier molecular flexibility index (Phi) is 4.55. The van der Waals surface area contributed by atoms with E-state index in [1.807, 2.05) is 35.2 Å². The molecule has 1 aliphatic rings. The fraction of sp³-hybridized carbons (Fsp3) is 0.286. The molecule has 0 aliphatic carbocycles. The predicted molar refractivity (Wildman–Crippen MR) is 108 cm³/mol. The Balaban J connectivity index is 1.48. The van der Waals surface area contributed by atoms with Crippen molar-refractivity contribution in [2.45, 2.75) is 6.92 Å². The largest absolute Gasteiger partial charge is 0.497 e. The van der Waals surface area contributed by atoms with Gasteiger partial charge in [0.2, 0.25) is 0 Å². The summed E-state index contributed by atoms with van der Waals surface area (Å²) < 4.78 is 6.50. The summed E-state index contributed by atoms with van der Waals surface area (Å²) >= 11 is 1.61. The van der Waals surface area contributed by atoms with E-state index in [9.17, 15) is 4.79 Å². The normalized spacial score (nSPS) is 14.7. The lowest BCUT2D eigenvalue weighted by Gasteiger charge is -2.36. The maximum atomic E-state index is 13.0. The molecule has 26 heavy (non-hydrogen) atoms. The Labute approximate surface area is 157 Å². The van der Waals surface area contributed by atoms with Crippen molar-refractivity contribution >= 4 is 33.0 Å². The molecule has 134 valence electrons. The van der Waals surface area contributed by atoms with E-state index < -0.39 is 0 Å². The van der Waals surface area contributed by atoms with Crippen LogP contribution in [0.3, 0.4) is 0 Å². The third-order valence-electron chi connectivity index (χ3n) is 5.02. The molecule has 2 aromatic carbocycles. The molecule has 0 bridgehead atoms. The van der Waals surface area contributed by atoms with Crippen LogP contribution in [-0.2, 0) is 0 Å². The van der Waals surface area contributed by atoms with Crippen molar-refractivity contribution in [2.24, 2.45) is 0 Å². The second-order valence-corrected chi connectivity index (χ2v) is 7.59. The van der Waals surface area contributed by atoms with Gasteiger partial charge in [0.05, 0.1) is 12.0 Å². The number of anilines is 1. The zero-order valence-corrected chi connectivity index (χ0v) is 15.9. The zero-order chi connectivity index (χ0) is 18.1. The van der Waals surface area contributed by atoms with Gasteiger partial charge in [-0.2, -0.15) is 0 Å². The van der Waals surface area contributed by atoms with E-state index in [2.05, 4.69) is 30.0 Å². The molecule has 0 spiro atoms. The molecular weight excluding hydrogens is 344 g/mol. The number of methoxy groups -OCH3 is 1. The number of amides is 1. The fourth-order valence-electron chi connectivity index (χ4n) is 3.50. The smallest absolute Gasteiger partial charge is 0.264 e. The van der Waals surface area contributed by atoms with E-state index in [0.29, 0.717) is 0 Å². The molecule has 1 aliphatic heterocycles. The van der Waals surface area contributed by atoms with Gasteiger partial charge in [0.1, 0.15) is 5.75 Å². The molecule has 1 fully saturated rings. The first-order valence-corrected chi connectivity index (χ1v) is 9.65. The number of aryl methyl sites for hydroxylation is 1. The van der Waals surface area contributed by atoms with Crippen LogP contribution in [0.5, 0.6) is 5.75 Å². The number of thiophene rings is 1. The Morgan fingerprint density at radius 3 is 2.54 bits per heavy atom. The summed E-state index contributed by atoms with van der Waals surface area (Å²) in [5, 5.41) is 1.19. The number of piperazine rings is 1. The number of carbonyl (C=O) groups is 1. The van der Waals surface area contributed by atoms with Gasteiger partial charge in [0.15, 0.2) is 0 Å². The molecule has 0 atom stereocenters. The molecule has 1 saturated heterocycles. The number of nitrogens with zero attached hydrogens (tertiary/aromatic N) is 2. The molecule has 0 unspecified atom stereocenters. The van der Waals surface area contributed by atoms with Crippen LogP contribution in [0, 0.1) is 6.92 Å². The lowest BCUT2D eigenvalue weighted by molar-refractivity contribution is 0.0751. The van der Waals surface area contributed by atoms with Crippen LogP contribution in [0.15, 0.2) is 48.5 Å². The van der Waals surface area contributed by atoms with Crippen LogP contribution in [0.1, 0.15) is 15.2 Å². The highest BCUT2D eigenvalue weighted by Gasteiger charge is 2.25. The van der Waals surface area contributed by atoms with Crippen LogP contribution < -0.4 is 9.64 Å². The first-order chi connectivity index (χ1) is 12.7. The molecular formula is C21H22N2O2S. The number of hydrogen-bond donors (Lipinski definition) is 0. The van der Waals surface area contributed by atoms with E-state index in [1.165, 1.54) is 10.1 Å². The van der Waals surface area contributed by atoms with E-state index >= 15 is 0 Å². The highest BCUT2D eigenvalue weighted by Crippen LogP contribution is 2.32. The van der Waals surface area contributed by atoms with E-state index in [4.69, 9.17) is 4.74 Å². The minimum absolute atomic E-state index is 0.161. The summed E-state index contributed by atoms with van der Waals surface area (Å²) in [4.78, 5) is 18.2. The van der Waals surface area contributed by atoms with Gasteiger partial charge in [0.25, 0.3) is 5.91 Å². The van der Waals surface area contributed by atoms with Gasteiger partial charge in [0, 0.05) is 42.6 Å². The fourth-order valence-corrected chi connectivity index (χ4v) is 4.67. The highest BCUT2D eigenvalue weighted by atomic mass is 32.1. The van der Waals surface area contributed by atoms with Gasteiger partial charge in [-0.3, -0.25) is 4.79 Å². The van der Waals surface area contributed by atoms with Crippen LogP contribution in [-0.4, -0.2) is 44.1 Å². The summed E-state index contributed by atoms with van der Waals surface area (Å²) in [5.74, 6) is 1.02. The van der Waals surface area contributed by atoms with Crippen LogP contribution >= 0.6 is 11.3 Å². The van der Waals surface area contributed by atoms with Crippen molar-refractivity contribution in [3.05, 3.63) is 59.0 Å². The highest BCUT2D eigenvalue weighted by molar-refractivity contribution is 7.21. The molecule has 1 aromatic heterocycles. The van der Waals surface area contributed by atoms with Crippen molar-refractivity contribution in [1.29, 1.82) is 0 Å². The minimum Gasteiger partial charge on any atom is -0.497 e. The number of fused-ring (bicyclic) bond motifs is 1. The molecule has 2 heterocycles. The SMILES string of the molecule is COc1cccc(N2CCN(C(=O)c3sc4ccccc4c3C)CC2)c1. The van der Waals surface area contributed by atoms with E-state index in [1.54, 1.807) is 18.4 Å². The van der Waals surface area contributed by atoms with Crippen molar-refractivity contribution in [2.75, 3.05) is 38.2 Å². The van der Waals surface area contributed by atoms with Gasteiger partial charge in [-0.25, -0.2) is 0 Å². The van der Waals surface area contributed by atoms with Gasteiger partial charge in [-0.1, -0.05) is 24.3 Å². The minimum atomic E-state index is 0.161. The number of rotatable bonds is 3. The lowest BCUT2D eigenvalue weighted by Crippen LogP contribution is -2.48. The average Bonchev–Trinajstić information content (AvgIpc) is 3.04. The molecule has 0 saturated carbocycles. The average molecular weight is 366 g/mol. The topological polar surface area (TPSA) is 32.8 Å². The van der Waals surface area contributed by atoms with Gasteiger partial charge in [-0.15, -0.1) is 11.3 Å². The number of carbonyl (C=O) groups excluding carboxylic acids is 1. The molecule has 4 nitrogen and oxygen atoms in total. The number of benzene rings is 2. The summed E-state index contributed by atoms with van der Waals surface area (Å²) in [7, 11) is 1.68. The van der Waals surface area contributed by atoms with Crippen LogP contribution in [0.25, 0.3) is 10.1 Å². The summed E-state index contributed by atoms with van der Waals surface area (Å²) in [5.41, 5.74) is 2.25. The van der Waals surface area contributed by atoms with Crippen molar-refractivity contribution in [3.63, 3.8) is 0 Å². The maximum absolute atomic E-state index is 13.0. The predicted octanol–water partition coefficient (Wildman–Crippen LogP) is 4.18. The monoisotopic (exact) mass is 366 g/mol. The molecule has 1 amide bonds. The third kappa shape index (κ3) is 3.03. The van der Waals surface area contributed by atoms with Crippen molar-refractivity contribution in [3.8, 4) is 5.75 Å². The Morgan fingerprint density at radius 1 is 1.04 bits per heavy atom. The lowest BCUT2D eigenvalue weighted by atomic mass is 10.1. The Bertz CT molecular complexity index is 942. The second kappa shape index (κ2) is 7.00. The van der Waals surface area contributed by atoms with Gasteiger partial charge < -0.3 is 14.5 Å². The van der Waals surface area contributed by atoms with Crippen LogP contribution in [0.4, 0.5) is 5.69 Å². The summed E-state index contributed by atoms with van der Waals surface area (Å²) in [6.45, 7) is 5.21. The standard InChI is InChI=1S/C21H22N2O2S/c1-15-18-8-3-4-9-19(18)26-20(15)21(24)23-12-10-22(11-13-23)16-6-5-7-17(14-16)25-2/h3-9,14H,10-13H2,1-2H3. The second-order valence-electron chi connectivity index (χ2n) is 6.53. The summed E-state index contributed by atoms with van der Waals surface area (Å²) in [6.07, 6.45) is 0. The van der Waals surface area contributed by atoms with Gasteiger partial charge >= 0.3 is 0 Å². The quantitative estimate of drug-likeness (QED) is 0.697. The first-order valence-electron chi connectivity index (χ1n) is 8.84. The van der Waals surface area contributed by atoms with Crippen molar-refractivity contribution < 1.29 is 9.53 Å². The molecule has 0 radical (unpaired) electrons. The molecule has 3 aromatic rings. The first kappa shape index (κ1) is 16.9. The molecule has 4 rings (SSSR count). The summed E-state index contributed by atoms with van der Waals surface area (Å²) in [6, 6.07) is 16.3. The van der Waals surface area contributed by atoms with E-state index in [-0.39, 0.29) is 5.91 Å². The van der Waals surface area contributed by atoms with Gasteiger partial charge in [-0.05, 0) is 36.1 Å². The third-order valence-corrected chi connectivity index (χ3v) is 6.28. The van der Waals surface area contributed by atoms with Crippen LogP contribution in [0.2, 0.25) is 0 Å². The molecule has 0 N–H and O–H groups in total.